The molecule has 0 unspecified atom stereocenters. The third kappa shape index (κ3) is 2.10. The van der Waals surface area contributed by atoms with Crippen molar-refractivity contribution in [1.29, 1.82) is 0 Å². The Morgan fingerprint density at radius 3 is 3.40 bits per heavy atom. The molecule has 0 saturated carbocycles. The fraction of sp³-hybridized carbons (Fsp3) is 0.333. The highest BCUT2D eigenvalue weighted by molar-refractivity contribution is 7.15. The van der Waals surface area contributed by atoms with Gasteiger partial charge in [-0.3, -0.25) is 4.40 Å². The van der Waals surface area contributed by atoms with Crippen LogP contribution in [0, 0.1) is 0 Å². The zero-order valence-corrected chi connectivity index (χ0v) is 9.08. The van der Waals surface area contributed by atoms with Gasteiger partial charge in [0.15, 0.2) is 4.96 Å². The van der Waals surface area contributed by atoms with E-state index in [9.17, 15) is 4.79 Å². The number of hydrogen-bond acceptors (Lipinski definition) is 4. The molecule has 0 radical (unpaired) electrons. The van der Waals surface area contributed by atoms with E-state index in [2.05, 4.69) is 10.3 Å². The first-order chi connectivity index (χ1) is 7.31. The Morgan fingerprint density at radius 1 is 1.73 bits per heavy atom. The Bertz CT molecular complexity index is 463. The average Bonchev–Trinajstić information content (AvgIpc) is 2.77. The lowest BCUT2D eigenvalue weighted by Crippen LogP contribution is -2.24. The summed E-state index contributed by atoms with van der Waals surface area (Å²) in [5, 5.41) is 4.63. The van der Waals surface area contributed by atoms with E-state index in [0.717, 1.165) is 10.7 Å². The summed E-state index contributed by atoms with van der Waals surface area (Å²) in [6.07, 6.45) is 3.21. The van der Waals surface area contributed by atoms with Gasteiger partial charge < -0.3 is 10.1 Å². The van der Waals surface area contributed by atoms with Crippen LogP contribution in [0.2, 0.25) is 0 Å². The fourth-order valence-corrected chi connectivity index (χ4v) is 2.10. The number of aromatic nitrogens is 2. The van der Waals surface area contributed by atoms with Gasteiger partial charge in [0.2, 0.25) is 0 Å². The normalized spacial score (nSPS) is 10.5. The molecule has 0 aromatic carbocycles. The zero-order chi connectivity index (χ0) is 10.7. The van der Waals surface area contributed by atoms with Crippen LogP contribution in [0.5, 0.6) is 0 Å². The van der Waals surface area contributed by atoms with Crippen LogP contribution in [0.25, 0.3) is 4.96 Å². The molecular formula is C9H11N3O2S. The lowest BCUT2D eigenvalue weighted by molar-refractivity contribution is 0.151. The number of thiazole rings is 1. The number of rotatable bonds is 3. The Hall–Kier alpha value is -1.56. The molecule has 0 saturated heterocycles. The summed E-state index contributed by atoms with van der Waals surface area (Å²) in [5.74, 6) is 0. The summed E-state index contributed by atoms with van der Waals surface area (Å²) >= 11 is 1.55. The summed E-state index contributed by atoms with van der Waals surface area (Å²) < 4.78 is 6.70. The molecule has 6 heteroatoms. The maximum Gasteiger partial charge on any atom is 0.407 e. The molecule has 2 aromatic rings. The van der Waals surface area contributed by atoms with Gasteiger partial charge in [-0.1, -0.05) is 0 Å². The number of carbonyl (C=O) groups is 1. The predicted octanol–water partition coefficient (Wildman–Crippen LogP) is 1.64. The Balaban J connectivity index is 2.00. The van der Waals surface area contributed by atoms with Gasteiger partial charge in [0.05, 0.1) is 18.8 Å². The number of amides is 1. The molecule has 2 rings (SSSR count). The van der Waals surface area contributed by atoms with Crippen LogP contribution in [0.1, 0.15) is 12.6 Å². The lowest BCUT2D eigenvalue weighted by Gasteiger charge is -2.03. The minimum atomic E-state index is -0.392. The van der Waals surface area contributed by atoms with Gasteiger partial charge in [-0.2, -0.15) is 0 Å². The smallest absolute Gasteiger partial charge is 0.407 e. The summed E-state index contributed by atoms with van der Waals surface area (Å²) in [5.41, 5.74) is 1.00. The number of hydrogen-bond donors (Lipinski definition) is 1. The summed E-state index contributed by atoms with van der Waals surface area (Å²) in [7, 11) is 0. The average molecular weight is 225 g/mol. The monoisotopic (exact) mass is 225 g/mol. The van der Waals surface area contributed by atoms with Crippen LogP contribution in [0.4, 0.5) is 4.79 Å². The van der Waals surface area contributed by atoms with Crippen molar-refractivity contribution in [3.8, 4) is 0 Å². The summed E-state index contributed by atoms with van der Waals surface area (Å²) in [4.78, 5) is 16.1. The standard InChI is InChI=1S/C9H11N3O2S/c1-2-14-9(13)11-5-7-6-15-8-10-3-4-12(7)8/h3-4,6H,2,5H2,1H3,(H,11,13). The van der Waals surface area contributed by atoms with Gasteiger partial charge in [0.25, 0.3) is 0 Å². The lowest BCUT2D eigenvalue weighted by atomic mass is 10.5. The van der Waals surface area contributed by atoms with E-state index < -0.39 is 6.09 Å². The topological polar surface area (TPSA) is 55.6 Å². The molecular weight excluding hydrogens is 214 g/mol. The molecule has 0 spiro atoms. The van der Waals surface area contributed by atoms with E-state index in [0.29, 0.717) is 13.2 Å². The predicted molar refractivity (Wildman–Crippen MR) is 56.9 cm³/mol. The molecule has 0 atom stereocenters. The SMILES string of the molecule is CCOC(=O)NCc1csc2nccn12. The van der Waals surface area contributed by atoms with Crippen molar-refractivity contribution >= 4 is 22.4 Å². The summed E-state index contributed by atoms with van der Waals surface area (Å²) in [6.45, 7) is 2.61. The number of nitrogens with zero attached hydrogens (tertiary/aromatic N) is 2. The largest absolute Gasteiger partial charge is 0.450 e. The van der Waals surface area contributed by atoms with Crippen molar-refractivity contribution in [2.45, 2.75) is 13.5 Å². The Labute approximate surface area is 90.7 Å². The number of carbonyl (C=O) groups excluding carboxylic acids is 1. The molecule has 2 aromatic heterocycles. The van der Waals surface area contributed by atoms with Crippen LogP contribution in [0.15, 0.2) is 17.8 Å². The Kier molecular flexibility index (Phi) is 2.86. The maximum atomic E-state index is 11.1. The van der Waals surface area contributed by atoms with E-state index >= 15 is 0 Å². The third-order valence-corrected chi connectivity index (χ3v) is 2.81. The van der Waals surface area contributed by atoms with Gasteiger partial charge in [0.1, 0.15) is 0 Å². The summed E-state index contributed by atoms with van der Waals surface area (Å²) in [6, 6.07) is 0. The highest BCUT2D eigenvalue weighted by Gasteiger charge is 2.05. The number of imidazole rings is 1. The molecule has 5 nitrogen and oxygen atoms in total. The maximum absolute atomic E-state index is 11.1. The van der Waals surface area contributed by atoms with E-state index in [-0.39, 0.29) is 0 Å². The number of nitrogens with one attached hydrogen (secondary N) is 1. The van der Waals surface area contributed by atoms with Crippen molar-refractivity contribution in [1.82, 2.24) is 14.7 Å². The first-order valence-corrected chi connectivity index (χ1v) is 5.49. The fourth-order valence-electron chi connectivity index (χ4n) is 1.24. The van der Waals surface area contributed by atoms with E-state index in [1.165, 1.54) is 0 Å². The zero-order valence-electron chi connectivity index (χ0n) is 8.27. The first kappa shape index (κ1) is 9.97. The van der Waals surface area contributed by atoms with Crippen LogP contribution >= 0.6 is 11.3 Å². The number of ether oxygens (including phenoxy) is 1. The van der Waals surface area contributed by atoms with Gasteiger partial charge in [0, 0.05) is 17.8 Å². The number of fused-ring (bicyclic) bond motifs is 1. The van der Waals surface area contributed by atoms with Gasteiger partial charge in [-0.05, 0) is 6.92 Å². The molecule has 0 bridgehead atoms. The second-order valence-electron chi connectivity index (χ2n) is 2.88. The van der Waals surface area contributed by atoms with E-state index in [1.54, 1.807) is 24.5 Å². The molecule has 0 aliphatic carbocycles. The second-order valence-corrected chi connectivity index (χ2v) is 3.72. The molecule has 0 aliphatic rings. The van der Waals surface area contributed by atoms with Crippen LogP contribution in [-0.4, -0.2) is 22.1 Å². The van der Waals surface area contributed by atoms with Crippen molar-refractivity contribution in [3.05, 3.63) is 23.5 Å². The second kappa shape index (κ2) is 4.31. The van der Waals surface area contributed by atoms with E-state index in [1.807, 2.05) is 16.0 Å². The van der Waals surface area contributed by atoms with Crippen molar-refractivity contribution in [2.24, 2.45) is 0 Å². The van der Waals surface area contributed by atoms with Gasteiger partial charge >= 0.3 is 6.09 Å². The third-order valence-electron chi connectivity index (χ3n) is 1.91. The molecule has 1 N–H and O–H groups in total. The van der Waals surface area contributed by atoms with Crippen molar-refractivity contribution < 1.29 is 9.53 Å². The first-order valence-electron chi connectivity index (χ1n) is 4.61. The minimum absolute atomic E-state index is 0.385. The van der Waals surface area contributed by atoms with Crippen LogP contribution in [-0.2, 0) is 11.3 Å². The highest BCUT2D eigenvalue weighted by Crippen LogP contribution is 2.13. The van der Waals surface area contributed by atoms with Gasteiger partial charge in [-0.15, -0.1) is 11.3 Å². The van der Waals surface area contributed by atoms with Crippen LogP contribution in [0.3, 0.4) is 0 Å². The molecule has 2 heterocycles. The van der Waals surface area contributed by atoms with E-state index in [4.69, 9.17) is 4.74 Å². The molecule has 1 amide bonds. The quantitative estimate of drug-likeness (QED) is 0.864. The minimum Gasteiger partial charge on any atom is -0.450 e. The van der Waals surface area contributed by atoms with Crippen molar-refractivity contribution in [2.75, 3.05) is 6.61 Å². The molecule has 15 heavy (non-hydrogen) atoms. The highest BCUT2D eigenvalue weighted by atomic mass is 32.1. The van der Waals surface area contributed by atoms with Gasteiger partial charge in [-0.25, -0.2) is 9.78 Å². The Morgan fingerprint density at radius 2 is 2.60 bits per heavy atom. The van der Waals surface area contributed by atoms with Crippen molar-refractivity contribution in [3.63, 3.8) is 0 Å². The molecule has 0 aliphatic heterocycles. The van der Waals surface area contributed by atoms with Crippen LogP contribution < -0.4 is 5.32 Å². The molecule has 0 fully saturated rings. The molecule has 80 valence electrons. The number of alkyl carbamates (subject to hydrolysis) is 1.